The van der Waals surface area contributed by atoms with Gasteiger partial charge in [0.1, 0.15) is 12.4 Å². The lowest BCUT2D eigenvalue weighted by Gasteiger charge is -2.09. The average molecular weight is 289 g/mol. The van der Waals surface area contributed by atoms with Gasteiger partial charge in [-0.25, -0.2) is 9.48 Å². The SMILES string of the molecule is Cc1c(C(=O)O)nnn1CCOc1ccc(C(C)C)cc1. The van der Waals surface area contributed by atoms with Crippen molar-refractivity contribution in [1.29, 1.82) is 0 Å². The second kappa shape index (κ2) is 6.39. The summed E-state index contributed by atoms with van der Waals surface area (Å²) in [5.74, 6) is 0.214. The Balaban J connectivity index is 1.91. The van der Waals surface area contributed by atoms with Gasteiger partial charge in [-0.05, 0) is 30.5 Å². The number of benzene rings is 1. The van der Waals surface area contributed by atoms with Crippen LogP contribution in [0.25, 0.3) is 0 Å². The fraction of sp³-hybridized carbons (Fsp3) is 0.400. The van der Waals surface area contributed by atoms with Gasteiger partial charge in [-0.2, -0.15) is 0 Å². The Bertz CT molecular complexity index is 618. The van der Waals surface area contributed by atoms with Crippen LogP contribution >= 0.6 is 0 Å². The highest BCUT2D eigenvalue weighted by atomic mass is 16.5. The van der Waals surface area contributed by atoms with Gasteiger partial charge in [0.05, 0.1) is 12.2 Å². The van der Waals surface area contributed by atoms with E-state index in [1.807, 2.05) is 24.3 Å². The number of hydrogen-bond acceptors (Lipinski definition) is 4. The van der Waals surface area contributed by atoms with E-state index in [1.165, 1.54) is 10.2 Å². The molecule has 6 nitrogen and oxygen atoms in total. The van der Waals surface area contributed by atoms with Gasteiger partial charge in [0.25, 0.3) is 0 Å². The zero-order valence-corrected chi connectivity index (χ0v) is 12.4. The number of hydrogen-bond donors (Lipinski definition) is 1. The van der Waals surface area contributed by atoms with E-state index in [2.05, 4.69) is 24.2 Å². The third kappa shape index (κ3) is 3.59. The molecule has 2 aromatic rings. The van der Waals surface area contributed by atoms with E-state index in [0.717, 1.165) is 5.75 Å². The van der Waals surface area contributed by atoms with Crippen molar-refractivity contribution >= 4 is 5.97 Å². The molecule has 0 aliphatic carbocycles. The zero-order chi connectivity index (χ0) is 15.4. The highest BCUT2D eigenvalue weighted by molar-refractivity contribution is 5.86. The fourth-order valence-electron chi connectivity index (χ4n) is 1.97. The molecular weight excluding hydrogens is 270 g/mol. The quantitative estimate of drug-likeness (QED) is 0.884. The Morgan fingerprint density at radius 2 is 2.00 bits per heavy atom. The minimum Gasteiger partial charge on any atom is -0.492 e. The summed E-state index contributed by atoms with van der Waals surface area (Å²) < 4.78 is 7.17. The van der Waals surface area contributed by atoms with Crippen LogP contribution < -0.4 is 4.74 Å². The molecule has 0 bridgehead atoms. The molecule has 0 aliphatic heterocycles. The summed E-state index contributed by atoms with van der Waals surface area (Å²) in [6, 6.07) is 7.96. The highest BCUT2D eigenvalue weighted by Gasteiger charge is 2.14. The summed E-state index contributed by atoms with van der Waals surface area (Å²) in [7, 11) is 0. The predicted molar refractivity (Wildman–Crippen MR) is 77.7 cm³/mol. The van der Waals surface area contributed by atoms with Crippen LogP contribution in [0.2, 0.25) is 0 Å². The van der Waals surface area contributed by atoms with E-state index in [0.29, 0.717) is 24.8 Å². The molecule has 0 unspecified atom stereocenters. The molecule has 6 heteroatoms. The van der Waals surface area contributed by atoms with Crippen LogP contribution in [0.3, 0.4) is 0 Å². The van der Waals surface area contributed by atoms with Crippen LogP contribution in [0.1, 0.15) is 41.5 Å². The Morgan fingerprint density at radius 1 is 1.33 bits per heavy atom. The van der Waals surface area contributed by atoms with Crippen molar-refractivity contribution in [1.82, 2.24) is 15.0 Å². The first-order valence-electron chi connectivity index (χ1n) is 6.85. The second-order valence-corrected chi connectivity index (χ2v) is 5.12. The second-order valence-electron chi connectivity index (χ2n) is 5.12. The number of ether oxygens (including phenoxy) is 1. The van der Waals surface area contributed by atoms with Crippen LogP contribution in [0, 0.1) is 6.92 Å². The molecule has 0 fully saturated rings. The number of aromatic carboxylic acids is 1. The van der Waals surface area contributed by atoms with Gasteiger partial charge in [-0.3, -0.25) is 0 Å². The van der Waals surface area contributed by atoms with Crippen molar-refractivity contribution in [2.24, 2.45) is 0 Å². The maximum absolute atomic E-state index is 10.9. The van der Waals surface area contributed by atoms with Crippen molar-refractivity contribution in [3.05, 3.63) is 41.2 Å². The van der Waals surface area contributed by atoms with Crippen LogP contribution in [-0.2, 0) is 6.54 Å². The van der Waals surface area contributed by atoms with Crippen LogP contribution in [0.15, 0.2) is 24.3 Å². The van der Waals surface area contributed by atoms with Gasteiger partial charge in [0.2, 0.25) is 0 Å². The molecule has 0 spiro atoms. The first kappa shape index (κ1) is 15.0. The van der Waals surface area contributed by atoms with E-state index < -0.39 is 5.97 Å². The van der Waals surface area contributed by atoms with Gasteiger partial charge >= 0.3 is 5.97 Å². The van der Waals surface area contributed by atoms with Crippen molar-refractivity contribution in [3.63, 3.8) is 0 Å². The van der Waals surface area contributed by atoms with Crippen molar-refractivity contribution < 1.29 is 14.6 Å². The van der Waals surface area contributed by atoms with Gasteiger partial charge in [0.15, 0.2) is 5.69 Å². The standard InChI is InChI=1S/C15H19N3O3/c1-10(2)12-4-6-13(7-5-12)21-9-8-18-11(3)14(15(19)20)16-17-18/h4-7,10H,8-9H2,1-3H3,(H,19,20). The Kier molecular flexibility index (Phi) is 4.57. The molecular formula is C15H19N3O3. The smallest absolute Gasteiger partial charge is 0.358 e. The van der Waals surface area contributed by atoms with Crippen molar-refractivity contribution in [2.45, 2.75) is 33.2 Å². The topological polar surface area (TPSA) is 77.2 Å². The molecule has 0 amide bonds. The lowest BCUT2D eigenvalue weighted by molar-refractivity contribution is 0.0689. The monoisotopic (exact) mass is 289 g/mol. The predicted octanol–water partition coefficient (Wildman–Crippen LogP) is 2.49. The summed E-state index contributed by atoms with van der Waals surface area (Å²) in [5, 5.41) is 16.3. The molecule has 0 atom stereocenters. The van der Waals surface area contributed by atoms with Gasteiger partial charge < -0.3 is 9.84 Å². The minimum absolute atomic E-state index is 0.0173. The van der Waals surface area contributed by atoms with Gasteiger partial charge in [-0.1, -0.05) is 31.2 Å². The van der Waals surface area contributed by atoms with E-state index in [4.69, 9.17) is 9.84 Å². The number of rotatable bonds is 6. The van der Waals surface area contributed by atoms with Gasteiger partial charge in [0, 0.05) is 0 Å². The number of nitrogens with zero attached hydrogens (tertiary/aromatic N) is 3. The number of aromatic nitrogens is 3. The van der Waals surface area contributed by atoms with Crippen LogP contribution in [0.4, 0.5) is 0 Å². The summed E-state index contributed by atoms with van der Waals surface area (Å²) in [6.45, 7) is 6.83. The highest BCUT2D eigenvalue weighted by Crippen LogP contribution is 2.18. The van der Waals surface area contributed by atoms with Crippen molar-refractivity contribution in [2.75, 3.05) is 6.61 Å². The average Bonchev–Trinajstić information content (AvgIpc) is 2.81. The Morgan fingerprint density at radius 3 is 2.52 bits per heavy atom. The molecule has 21 heavy (non-hydrogen) atoms. The molecule has 1 aromatic heterocycles. The van der Waals surface area contributed by atoms with E-state index in [1.54, 1.807) is 6.92 Å². The fourth-order valence-corrected chi connectivity index (χ4v) is 1.97. The van der Waals surface area contributed by atoms with Crippen molar-refractivity contribution in [3.8, 4) is 5.75 Å². The molecule has 112 valence electrons. The molecule has 2 rings (SSSR count). The molecule has 1 N–H and O–H groups in total. The Hall–Kier alpha value is -2.37. The number of carboxylic acids is 1. The van der Waals surface area contributed by atoms with Gasteiger partial charge in [-0.15, -0.1) is 5.10 Å². The maximum atomic E-state index is 10.9. The summed E-state index contributed by atoms with van der Waals surface area (Å²) >= 11 is 0. The number of carboxylic acid groups (broad SMARTS) is 1. The van der Waals surface area contributed by atoms with E-state index in [9.17, 15) is 4.79 Å². The molecule has 0 radical (unpaired) electrons. The van der Waals surface area contributed by atoms with E-state index >= 15 is 0 Å². The van der Waals surface area contributed by atoms with E-state index in [-0.39, 0.29) is 5.69 Å². The first-order chi connectivity index (χ1) is 9.99. The molecule has 0 aliphatic rings. The molecule has 1 aromatic carbocycles. The molecule has 1 heterocycles. The largest absolute Gasteiger partial charge is 0.492 e. The normalized spacial score (nSPS) is 10.9. The number of carbonyl (C=O) groups is 1. The lowest BCUT2D eigenvalue weighted by atomic mass is 10.0. The molecule has 0 saturated heterocycles. The minimum atomic E-state index is -1.07. The van der Waals surface area contributed by atoms with Crippen LogP contribution in [0.5, 0.6) is 5.75 Å². The summed E-state index contributed by atoms with van der Waals surface area (Å²) in [4.78, 5) is 10.9. The zero-order valence-electron chi connectivity index (χ0n) is 12.4. The lowest BCUT2D eigenvalue weighted by Crippen LogP contribution is -2.11. The Labute approximate surface area is 123 Å². The summed E-state index contributed by atoms with van der Waals surface area (Å²) in [5.41, 5.74) is 1.78. The summed E-state index contributed by atoms with van der Waals surface area (Å²) in [6.07, 6.45) is 0. The first-order valence-corrected chi connectivity index (χ1v) is 6.85. The maximum Gasteiger partial charge on any atom is 0.358 e. The third-order valence-corrected chi connectivity index (χ3v) is 3.30. The van der Waals surface area contributed by atoms with Crippen LogP contribution in [-0.4, -0.2) is 32.7 Å². The third-order valence-electron chi connectivity index (χ3n) is 3.30. The molecule has 0 saturated carbocycles.